The zero-order valence-electron chi connectivity index (χ0n) is 17.1. The lowest BCUT2D eigenvalue weighted by Crippen LogP contribution is -2.43. The first-order chi connectivity index (χ1) is 15.2. The Kier molecular flexibility index (Phi) is 5.01. The molecule has 0 bridgehead atoms. The first-order valence-electron chi connectivity index (χ1n) is 10.1. The Morgan fingerprint density at radius 2 is 1.87 bits per heavy atom. The topological polar surface area (TPSA) is 101 Å². The molecule has 0 saturated carbocycles. The van der Waals surface area contributed by atoms with E-state index in [1.807, 2.05) is 31.4 Å². The summed E-state index contributed by atoms with van der Waals surface area (Å²) in [5, 5.41) is 12.3. The maximum Gasteiger partial charge on any atom is 0.257 e. The Bertz CT molecular complexity index is 1250. The fourth-order valence-corrected chi connectivity index (χ4v) is 3.63. The molecule has 0 radical (unpaired) electrons. The SMILES string of the molecule is Cn1cc(-c2cc3cc(NC(=O)c4ccnc(N5CCNCC5)c4)ncc3cn2)cn1. The molecule has 5 heterocycles. The number of hydrogen-bond donors (Lipinski definition) is 2. The van der Waals surface area contributed by atoms with E-state index in [4.69, 9.17) is 0 Å². The second-order valence-corrected chi connectivity index (χ2v) is 7.48. The average Bonchev–Trinajstić information content (AvgIpc) is 3.25. The molecule has 1 aliphatic rings. The Labute approximate surface area is 179 Å². The van der Waals surface area contributed by atoms with Gasteiger partial charge in [-0.3, -0.25) is 14.5 Å². The van der Waals surface area contributed by atoms with Crippen molar-refractivity contribution in [1.29, 1.82) is 0 Å². The number of amides is 1. The van der Waals surface area contributed by atoms with E-state index in [1.165, 1.54) is 0 Å². The zero-order valence-corrected chi connectivity index (χ0v) is 17.1. The summed E-state index contributed by atoms with van der Waals surface area (Å²) < 4.78 is 1.74. The standard InChI is InChI=1S/C22H22N8O/c1-29-14-18(13-27-29)19-8-16-9-20(26-12-17(16)11-25-19)28-22(31)15-2-3-24-21(10-15)30-6-4-23-5-7-30/h2-3,8-14,23H,4-7H2,1H3,(H,26,28,31). The molecule has 0 aliphatic carbocycles. The van der Waals surface area contributed by atoms with E-state index in [0.717, 1.165) is 54.0 Å². The van der Waals surface area contributed by atoms with Crippen LogP contribution in [0.5, 0.6) is 0 Å². The molecule has 0 aromatic carbocycles. The van der Waals surface area contributed by atoms with E-state index in [1.54, 1.807) is 35.5 Å². The van der Waals surface area contributed by atoms with Crippen LogP contribution in [-0.4, -0.2) is 56.8 Å². The highest BCUT2D eigenvalue weighted by Crippen LogP contribution is 2.23. The van der Waals surface area contributed by atoms with Crippen LogP contribution < -0.4 is 15.5 Å². The van der Waals surface area contributed by atoms with Gasteiger partial charge in [-0.15, -0.1) is 0 Å². The van der Waals surface area contributed by atoms with Crippen LogP contribution in [0.15, 0.2) is 55.2 Å². The predicted molar refractivity (Wildman–Crippen MR) is 119 cm³/mol. The van der Waals surface area contributed by atoms with Crippen molar-refractivity contribution in [2.24, 2.45) is 7.05 Å². The molecule has 1 aliphatic heterocycles. The van der Waals surface area contributed by atoms with Gasteiger partial charge < -0.3 is 15.5 Å². The summed E-state index contributed by atoms with van der Waals surface area (Å²) in [5.41, 5.74) is 2.30. The van der Waals surface area contributed by atoms with Crippen LogP contribution in [0.3, 0.4) is 0 Å². The predicted octanol–water partition coefficient (Wildman–Crippen LogP) is 2.09. The van der Waals surface area contributed by atoms with E-state index in [0.29, 0.717) is 11.4 Å². The van der Waals surface area contributed by atoms with E-state index >= 15 is 0 Å². The van der Waals surface area contributed by atoms with Crippen LogP contribution in [0.2, 0.25) is 0 Å². The van der Waals surface area contributed by atoms with E-state index < -0.39 is 0 Å². The van der Waals surface area contributed by atoms with Crippen molar-refractivity contribution >= 4 is 28.3 Å². The van der Waals surface area contributed by atoms with Crippen LogP contribution >= 0.6 is 0 Å². The summed E-state index contributed by atoms with van der Waals surface area (Å²) >= 11 is 0. The van der Waals surface area contributed by atoms with Crippen molar-refractivity contribution < 1.29 is 4.79 Å². The molecule has 0 unspecified atom stereocenters. The molecule has 0 spiro atoms. The van der Waals surface area contributed by atoms with Crippen LogP contribution in [0.25, 0.3) is 22.0 Å². The molecule has 31 heavy (non-hydrogen) atoms. The summed E-state index contributed by atoms with van der Waals surface area (Å²) in [5.74, 6) is 1.08. The van der Waals surface area contributed by atoms with Crippen molar-refractivity contribution in [2.75, 3.05) is 36.4 Å². The molecule has 9 nitrogen and oxygen atoms in total. The highest BCUT2D eigenvalue weighted by atomic mass is 16.1. The first kappa shape index (κ1) is 19.1. The third kappa shape index (κ3) is 4.08. The van der Waals surface area contributed by atoms with Crippen LogP contribution in [0.4, 0.5) is 11.6 Å². The number of nitrogens with zero attached hydrogens (tertiary/aromatic N) is 6. The molecule has 1 saturated heterocycles. The first-order valence-corrected chi connectivity index (χ1v) is 10.1. The van der Waals surface area contributed by atoms with E-state index in [-0.39, 0.29) is 5.91 Å². The largest absolute Gasteiger partial charge is 0.354 e. The van der Waals surface area contributed by atoms with Crippen molar-refractivity contribution in [2.45, 2.75) is 0 Å². The van der Waals surface area contributed by atoms with E-state index in [2.05, 4.69) is 35.6 Å². The second-order valence-electron chi connectivity index (χ2n) is 7.48. The third-order valence-corrected chi connectivity index (χ3v) is 5.29. The summed E-state index contributed by atoms with van der Waals surface area (Å²) in [6, 6.07) is 7.37. The smallest absolute Gasteiger partial charge is 0.257 e. The Morgan fingerprint density at radius 3 is 2.68 bits per heavy atom. The van der Waals surface area contributed by atoms with Gasteiger partial charge in [-0.1, -0.05) is 0 Å². The van der Waals surface area contributed by atoms with Gasteiger partial charge >= 0.3 is 0 Å². The lowest BCUT2D eigenvalue weighted by Gasteiger charge is -2.28. The molecule has 4 aromatic rings. The number of aromatic nitrogens is 5. The highest BCUT2D eigenvalue weighted by molar-refractivity contribution is 6.05. The summed E-state index contributed by atoms with van der Waals surface area (Å²) in [7, 11) is 1.87. The van der Waals surface area contributed by atoms with Crippen LogP contribution in [0, 0.1) is 0 Å². The van der Waals surface area contributed by atoms with Crippen molar-refractivity contribution in [3.63, 3.8) is 0 Å². The van der Waals surface area contributed by atoms with Gasteiger partial charge in [0.1, 0.15) is 11.6 Å². The number of pyridine rings is 3. The minimum Gasteiger partial charge on any atom is -0.354 e. The molecule has 9 heteroatoms. The molecule has 156 valence electrons. The lowest BCUT2D eigenvalue weighted by molar-refractivity contribution is 0.102. The number of rotatable bonds is 4. The Balaban J connectivity index is 1.37. The number of carbonyl (C=O) groups is 1. The van der Waals surface area contributed by atoms with Crippen molar-refractivity contribution in [1.82, 2.24) is 30.0 Å². The van der Waals surface area contributed by atoms with Crippen molar-refractivity contribution in [3.8, 4) is 11.3 Å². The molecule has 4 aromatic heterocycles. The minimum atomic E-state index is -0.216. The number of anilines is 2. The number of nitrogens with one attached hydrogen (secondary N) is 2. The maximum atomic E-state index is 12.8. The second kappa shape index (κ2) is 8.11. The summed E-state index contributed by atoms with van der Waals surface area (Å²) in [6.07, 6.45) is 8.85. The molecule has 1 fully saturated rings. The van der Waals surface area contributed by atoms with Gasteiger partial charge in [0.05, 0.1) is 11.9 Å². The molecular formula is C22H22N8O. The van der Waals surface area contributed by atoms with Gasteiger partial charge in [-0.05, 0) is 29.7 Å². The van der Waals surface area contributed by atoms with Crippen LogP contribution in [-0.2, 0) is 7.05 Å². The number of aryl methyl sites for hydroxylation is 1. The molecular weight excluding hydrogens is 392 g/mol. The normalized spacial score (nSPS) is 14.0. The van der Waals surface area contributed by atoms with Crippen LogP contribution in [0.1, 0.15) is 10.4 Å². The fraction of sp³-hybridized carbons (Fsp3) is 0.227. The number of fused-ring (bicyclic) bond motifs is 1. The van der Waals surface area contributed by atoms with Gasteiger partial charge in [0.15, 0.2) is 0 Å². The molecule has 5 rings (SSSR count). The summed E-state index contributed by atoms with van der Waals surface area (Å²) in [6.45, 7) is 3.57. The average molecular weight is 414 g/mol. The lowest BCUT2D eigenvalue weighted by atomic mass is 10.1. The Morgan fingerprint density at radius 1 is 1.03 bits per heavy atom. The number of piperazine rings is 1. The number of carbonyl (C=O) groups excluding carboxylic acids is 1. The third-order valence-electron chi connectivity index (χ3n) is 5.29. The monoisotopic (exact) mass is 414 g/mol. The molecule has 1 amide bonds. The van der Waals surface area contributed by atoms with Gasteiger partial charge in [0.25, 0.3) is 5.91 Å². The Hall–Kier alpha value is -3.85. The van der Waals surface area contributed by atoms with Gasteiger partial charge in [0.2, 0.25) is 0 Å². The highest BCUT2D eigenvalue weighted by Gasteiger charge is 2.15. The maximum absolute atomic E-state index is 12.8. The number of hydrogen-bond acceptors (Lipinski definition) is 7. The van der Waals surface area contributed by atoms with Gasteiger partial charge in [-0.2, -0.15) is 5.10 Å². The molecule has 2 N–H and O–H groups in total. The zero-order chi connectivity index (χ0) is 21.2. The van der Waals surface area contributed by atoms with Gasteiger partial charge in [0, 0.05) is 74.5 Å². The van der Waals surface area contributed by atoms with Crippen molar-refractivity contribution in [3.05, 3.63) is 60.8 Å². The summed E-state index contributed by atoms with van der Waals surface area (Å²) in [4.78, 5) is 28.3. The molecule has 0 atom stereocenters. The van der Waals surface area contributed by atoms with E-state index in [9.17, 15) is 4.79 Å². The quantitative estimate of drug-likeness (QED) is 0.527. The fourth-order valence-electron chi connectivity index (χ4n) is 3.63. The minimum absolute atomic E-state index is 0.216. The van der Waals surface area contributed by atoms with Gasteiger partial charge in [-0.25, -0.2) is 9.97 Å².